The normalized spacial score (nSPS) is 12.8. The fourth-order valence-corrected chi connectivity index (χ4v) is 2.14. The number of nitrogens with one attached hydrogen (secondary N) is 1. The number of hydrazine groups is 1. The van der Waals surface area contributed by atoms with E-state index in [1.807, 2.05) is 0 Å². The zero-order valence-electron chi connectivity index (χ0n) is 10.8. The average molecular weight is 272 g/mol. The van der Waals surface area contributed by atoms with E-state index in [2.05, 4.69) is 15.4 Å². The quantitative estimate of drug-likeness (QED) is 0.564. The smallest absolute Gasteiger partial charge is 0.169 e. The SMILES string of the molecule is Cc1nccc(C(NN)c2cc3cccc(F)c3o2)n1. The van der Waals surface area contributed by atoms with Gasteiger partial charge in [-0.1, -0.05) is 12.1 Å². The highest BCUT2D eigenvalue weighted by Crippen LogP contribution is 2.28. The summed E-state index contributed by atoms with van der Waals surface area (Å²) in [7, 11) is 0. The Morgan fingerprint density at radius 1 is 1.35 bits per heavy atom. The second kappa shape index (κ2) is 4.99. The summed E-state index contributed by atoms with van der Waals surface area (Å²) in [5.41, 5.74) is 3.52. The Labute approximate surface area is 114 Å². The van der Waals surface area contributed by atoms with Crippen LogP contribution in [-0.2, 0) is 0 Å². The van der Waals surface area contributed by atoms with Crippen molar-refractivity contribution in [3.63, 3.8) is 0 Å². The molecule has 0 saturated heterocycles. The van der Waals surface area contributed by atoms with Gasteiger partial charge >= 0.3 is 0 Å². The summed E-state index contributed by atoms with van der Waals surface area (Å²) >= 11 is 0. The van der Waals surface area contributed by atoms with Gasteiger partial charge < -0.3 is 4.42 Å². The molecule has 2 heterocycles. The number of nitrogens with two attached hydrogens (primary N) is 1. The number of hydrogen-bond acceptors (Lipinski definition) is 5. The Morgan fingerprint density at radius 2 is 2.20 bits per heavy atom. The molecule has 0 saturated carbocycles. The lowest BCUT2D eigenvalue weighted by molar-refractivity contribution is 0.459. The molecule has 0 radical (unpaired) electrons. The second-order valence-electron chi connectivity index (χ2n) is 4.44. The molecule has 0 fully saturated rings. The van der Waals surface area contributed by atoms with Crippen LogP contribution in [0.3, 0.4) is 0 Å². The van der Waals surface area contributed by atoms with Gasteiger partial charge in [-0.05, 0) is 25.1 Å². The highest BCUT2D eigenvalue weighted by molar-refractivity contribution is 5.78. The molecule has 5 nitrogen and oxygen atoms in total. The summed E-state index contributed by atoms with van der Waals surface area (Å²) in [6.45, 7) is 1.79. The largest absolute Gasteiger partial charge is 0.456 e. The molecule has 1 aromatic carbocycles. The van der Waals surface area contributed by atoms with Gasteiger partial charge in [-0.15, -0.1) is 0 Å². The molecular formula is C14H13FN4O. The first-order valence-corrected chi connectivity index (χ1v) is 6.12. The molecule has 0 aliphatic carbocycles. The Bertz CT molecular complexity index is 756. The number of fused-ring (bicyclic) bond motifs is 1. The first-order chi connectivity index (χ1) is 9.69. The Hall–Kier alpha value is -2.31. The maximum Gasteiger partial charge on any atom is 0.169 e. The van der Waals surface area contributed by atoms with Crippen LogP contribution < -0.4 is 11.3 Å². The van der Waals surface area contributed by atoms with Gasteiger partial charge in [-0.25, -0.2) is 19.8 Å². The molecule has 3 rings (SSSR count). The minimum absolute atomic E-state index is 0.216. The van der Waals surface area contributed by atoms with Crippen LogP contribution >= 0.6 is 0 Å². The highest BCUT2D eigenvalue weighted by atomic mass is 19.1. The van der Waals surface area contributed by atoms with Crippen LogP contribution in [0.1, 0.15) is 23.3 Å². The van der Waals surface area contributed by atoms with Crippen molar-refractivity contribution in [2.45, 2.75) is 13.0 Å². The molecule has 0 aliphatic heterocycles. The van der Waals surface area contributed by atoms with Crippen LogP contribution in [0.5, 0.6) is 0 Å². The van der Waals surface area contributed by atoms with Crippen LogP contribution in [0.25, 0.3) is 11.0 Å². The Balaban J connectivity index is 2.09. The number of benzene rings is 1. The lowest BCUT2D eigenvalue weighted by atomic mass is 10.1. The summed E-state index contributed by atoms with van der Waals surface area (Å²) in [4.78, 5) is 8.34. The number of aryl methyl sites for hydroxylation is 1. The zero-order chi connectivity index (χ0) is 14.1. The van der Waals surface area contributed by atoms with E-state index in [1.54, 1.807) is 37.4 Å². The van der Waals surface area contributed by atoms with E-state index in [0.29, 0.717) is 22.7 Å². The monoisotopic (exact) mass is 272 g/mol. The van der Waals surface area contributed by atoms with Gasteiger partial charge in [0.25, 0.3) is 0 Å². The standard InChI is InChI=1S/C14H13FN4O/c1-8-17-6-5-11(18-8)13(19-16)12-7-9-3-2-4-10(15)14(9)20-12/h2-7,13,19H,16H2,1H3. The molecule has 0 spiro atoms. The van der Waals surface area contributed by atoms with Crippen LogP contribution in [-0.4, -0.2) is 9.97 Å². The number of nitrogens with zero attached hydrogens (tertiary/aromatic N) is 2. The molecule has 3 N–H and O–H groups in total. The molecule has 2 aromatic heterocycles. The molecule has 20 heavy (non-hydrogen) atoms. The first-order valence-electron chi connectivity index (χ1n) is 6.12. The van der Waals surface area contributed by atoms with Crippen molar-refractivity contribution in [3.8, 4) is 0 Å². The number of halogens is 1. The number of rotatable bonds is 3. The van der Waals surface area contributed by atoms with E-state index in [-0.39, 0.29) is 5.58 Å². The minimum atomic E-state index is -0.455. The van der Waals surface area contributed by atoms with Crippen molar-refractivity contribution in [2.75, 3.05) is 0 Å². The van der Waals surface area contributed by atoms with E-state index >= 15 is 0 Å². The van der Waals surface area contributed by atoms with Crippen molar-refractivity contribution in [1.29, 1.82) is 0 Å². The van der Waals surface area contributed by atoms with Gasteiger partial charge in [0.05, 0.1) is 5.69 Å². The third kappa shape index (κ3) is 2.15. The predicted octanol–water partition coefficient (Wildman–Crippen LogP) is 2.22. The molecule has 3 aromatic rings. The van der Waals surface area contributed by atoms with Gasteiger partial charge in [0.15, 0.2) is 11.4 Å². The number of aromatic nitrogens is 2. The molecule has 1 atom stereocenters. The molecule has 0 bridgehead atoms. The van der Waals surface area contributed by atoms with Gasteiger partial charge in [-0.3, -0.25) is 5.84 Å². The van der Waals surface area contributed by atoms with Gasteiger partial charge in [0, 0.05) is 11.6 Å². The number of para-hydroxylation sites is 1. The molecule has 0 aliphatic rings. The van der Waals surface area contributed by atoms with E-state index in [1.165, 1.54) is 6.07 Å². The van der Waals surface area contributed by atoms with Crippen LogP contribution in [0, 0.1) is 12.7 Å². The molecule has 1 unspecified atom stereocenters. The third-order valence-electron chi connectivity index (χ3n) is 3.06. The Kier molecular flexibility index (Phi) is 3.17. The second-order valence-corrected chi connectivity index (χ2v) is 4.44. The fourth-order valence-electron chi connectivity index (χ4n) is 2.14. The Morgan fingerprint density at radius 3 is 2.90 bits per heavy atom. The van der Waals surface area contributed by atoms with Gasteiger partial charge in [0.2, 0.25) is 0 Å². The van der Waals surface area contributed by atoms with E-state index in [4.69, 9.17) is 10.3 Å². The van der Waals surface area contributed by atoms with Gasteiger partial charge in [0.1, 0.15) is 17.6 Å². The highest BCUT2D eigenvalue weighted by Gasteiger charge is 2.19. The van der Waals surface area contributed by atoms with E-state index in [0.717, 1.165) is 0 Å². The number of hydrogen-bond donors (Lipinski definition) is 2. The first kappa shape index (κ1) is 12.7. The van der Waals surface area contributed by atoms with Crippen LogP contribution in [0.2, 0.25) is 0 Å². The summed E-state index contributed by atoms with van der Waals surface area (Å²) in [5, 5.41) is 0.686. The van der Waals surface area contributed by atoms with Crippen LogP contribution in [0.15, 0.2) is 40.9 Å². The summed E-state index contributed by atoms with van der Waals surface area (Å²) in [5.74, 6) is 6.32. The zero-order valence-corrected chi connectivity index (χ0v) is 10.8. The summed E-state index contributed by atoms with van der Waals surface area (Å²) in [6.07, 6.45) is 1.64. The summed E-state index contributed by atoms with van der Waals surface area (Å²) in [6, 6.07) is 7.81. The van der Waals surface area contributed by atoms with Crippen molar-refractivity contribution in [2.24, 2.45) is 5.84 Å². The molecule has 6 heteroatoms. The van der Waals surface area contributed by atoms with Crippen molar-refractivity contribution in [3.05, 3.63) is 59.6 Å². The predicted molar refractivity (Wildman–Crippen MR) is 72.1 cm³/mol. The topological polar surface area (TPSA) is 77.0 Å². The lowest BCUT2D eigenvalue weighted by Gasteiger charge is -2.12. The molecule has 0 amide bonds. The van der Waals surface area contributed by atoms with Crippen molar-refractivity contribution < 1.29 is 8.81 Å². The van der Waals surface area contributed by atoms with E-state index in [9.17, 15) is 4.39 Å². The number of furan rings is 1. The van der Waals surface area contributed by atoms with E-state index < -0.39 is 11.9 Å². The van der Waals surface area contributed by atoms with Crippen LogP contribution in [0.4, 0.5) is 4.39 Å². The molecule has 102 valence electrons. The third-order valence-corrected chi connectivity index (χ3v) is 3.06. The van der Waals surface area contributed by atoms with Gasteiger partial charge in [-0.2, -0.15) is 0 Å². The van der Waals surface area contributed by atoms with Crippen molar-refractivity contribution >= 4 is 11.0 Å². The summed E-state index contributed by atoms with van der Waals surface area (Å²) < 4.78 is 19.2. The maximum atomic E-state index is 13.7. The average Bonchev–Trinajstić information content (AvgIpc) is 2.85. The lowest BCUT2D eigenvalue weighted by Crippen LogP contribution is -2.29. The minimum Gasteiger partial charge on any atom is -0.456 e. The molecular weight excluding hydrogens is 259 g/mol. The maximum absolute atomic E-state index is 13.7. The van der Waals surface area contributed by atoms with Crippen molar-refractivity contribution in [1.82, 2.24) is 15.4 Å². The fraction of sp³-hybridized carbons (Fsp3) is 0.143.